The number of anilines is 2. The van der Waals surface area contributed by atoms with Gasteiger partial charge in [0.25, 0.3) is 11.5 Å². The maximum atomic E-state index is 14.8. The van der Waals surface area contributed by atoms with E-state index in [2.05, 4.69) is 11.6 Å². The molecule has 1 atom stereocenters. The molecule has 6 rings (SSSR count). The van der Waals surface area contributed by atoms with Crippen molar-refractivity contribution in [2.45, 2.75) is 24.9 Å². The van der Waals surface area contributed by atoms with Crippen LogP contribution in [0.4, 0.5) is 15.8 Å². The number of rotatable bonds is 3. The van der Waals surface area contributed by atoms with Crippen LogP contribution in [0, 0.1) is 5.82 Å². The third kappa shape index (κ3) is 3.42. The van der Waals surface area contributed by atoms with E-state index in [0.29, 0.717) is 23.1 Å². The summed E-state index contributed by atoms with van der Waals surface area (Å²) < 4.78 is 40.7. The Kier molecular flexibility index (Phi) is 4.53. The number of carbonyl (C=O) groups excluding carboxylic acids is 2. The van der Waals surface area contributed by atoms with Crippen molar-refractivity contribution in [2.24, 2.45) is 0 Å². The normalized spacial score (nSPS) is 20.7. The second-order valence-electron chi connectivity index (χ2n) is 9.30. The standard InChI is InChI=1S/C26H23ClFN5O4/c1-3-19(35)31-9-10-32-17(12-31)25(36)30(2)23-22(32)14-11-15(27)21(20-16(28)5-4-6-18(20)34)29-24(14)33(26(23)37)13-7-8-13/h3-6,11,13,17,34H,1,7-10,12H2,2H3/t17-/m1/s1/i2D3. The number of nitrogens with zero attached hydrogens (tertiary/aromatic N) is 5. The smallest absolute Gasteiger partial charge is 0.278 e. The minimum Gasteiger partial charge on any atom is -0.507 e. The molecule has 4 heterocycles. The molecule has 3 aromatic rings. The minimum absolute atomic E-state index is 0.0505. The molecule has 0 radical (unpaired) electrons. The van der Waals surface area contributed by atoms with E-state index in [1.54, 1.807) is 4.90 Å². The molecular formula is C26H23ClFN5O4. The van der Waals surface area contributed by atoms with Crippen molar-refractivity contribution < 1.29 is 23.2 Å². The van der Waals surface area contributed by atoms with Crippen molar-refractivity contribution in [3.05, 3.63) is 58.1 Å². The van der Waals surface area contributed by atoms with Gasteiger partial charge >= 0.3 is 0 Å². The van der Waals surface area contributed by atoms with E-state index in [1.807, 2.05) is 0 Å². The first-order valence-corrected chi connectivity index (χ1v) is 12.1. The van der Waals surface area contributed by atoms with Gasteiger partial charge in [0.2, 0.25) is 5.91 Å². The molecule has 11 heteroatoms. The average Bonchev–Trinajstić information content (AvgIpc) is 3.73. The monoisotopic (exact) mass is 526 g/mol. The fraction of sp³-hybridized carbons (Fsp3) is 0.308. The molecule has 1 saturated heterocycles. The number of fused-ring (bicyclic) bond motifs is 5. The van der Waals surface area contributed by atoms with Crippen molar-refractivity contribution in [3.63, 3.8) is 0 Å². The summed E-state index contributed by atoms with van der Waals surface area (Å²) in [6.07, 6.45) is 2.35. The minimum atomic E-state index is -3.01. The highest BCUT2D eigenvalue weighted by atomic mass is 35.5. The topological polar surface area (TPSA) is 99.0 Å². The Morgan fingerprint density at radius 1 is 1.30 bits per heavy atom. The Morgan fingerprint density at radius 3 is 2.76 bits per heavy atom. The molecule has 2 aromatic heterocycles. The molecule has 0 spiro atoms. The van der Waals surface area contributed by atoms with Gasteiger partial charge in [-0.25, -0.2) is 9.37 Å². The number of aromatic nitrogens is 2. The number of likely N-dealkylation sites (N-methyl/N-ethyl adjacent to an activating group) is 1. The highest BCUT2D eigenvalue weighted by molar-refractivity contribution is 6.34. The van der Waals surface area contributed by atoms with Crippen LogP contribution in [0.25, 0.3) is 22.3 Å². The lowest BCUT2D eigenvalue weighted by Gasteiger charge is -2.47. The Bertz CT molecular complexity index is 1670. The van der Waals surface area contributed by atoms with E-state index in [4.69, 9.17) is 15.7 Å². The number of amides is 2. The molecule has 1 aliphatic carbocycles. The fourth-order valence-corrected chi connectivity index (χ4v) is 5.46. The van der Waals surface area contributed by atoms with E-state index < -0.39 is 42.0 Å². The van der Waals surface area contributed by atoms with Gasteiger partial charge in [-0.2, -0.15) is 0 Å². The first-order valence-electron chi connectivity index (χ1n) is 13.2. The van der Waals surface area contributed by atoms with Crippen LogP contribution in [0.1, 0.15) is 23.0 Å². The highest BCUT2D eigenvalue weighted by Gasteiger charge is 2.44. The van der Waals surface area contributed by atoms with E-state index in [-0.39, 0.29) is 59.0 Å². The molecule has 1 saturated carbocycles. The first-order chi connectivity index (χ1) is 18.9. The number of phenolic OH excluding ortho intramolecular Hbond substituents is 1. The zero-order valence-corrected chi connectivity index (χ0v) is 20.2. The molecular weight excluding hydrogens is 501 g/mol. The predicted molar refractivity (Wildman–Crippen MR) is 138 cm³/mol. The van der Waals surface area contributed by atoms with Gasteiger partial charge in [-0.1, -0.05) is 24.2 Å². The van der Waals surface area contributed by atoms with Gasteiger partial charge in [0.15, 0.2) is 0 Å². The summed E-state index contributed by atoms with van der Waals surface area (Å²) in [6.45, 7) is 0.671. The number of aromatic hydroxyl groups is 1. The molecule has 9 nitrogen and oxygen atoms in total. The van der Waals surface area contributed by atoms with Crippen molar-refractivity contribution in [2.75, 3.05) is 36.4 Å². The van der Waals surface area contributed by atoms with Crippen molar-refractivity contribution in [3.8, 4) is 17.0 Å². The number of hydrogen-bond donors (Lipinski definition) is 1. The molecule has 1 aromatic carbocycles. The molecule has 2 fully saturated rings. The second-order valence-corrected chi connectivity index (χ2v) is 9.71. The van der Waals surface area contributed by atoms with Crippen LogP contribution in [-0.2, 0) is 9.59 Å². The van der Waals surface area contributed by atoms with E-state index >= 15 is 0 Å². The molecule has 2 amide bonds. The SMILES string of the molecule is [2H]C([2H])([2H])N1C(=O)[C@H]2CN(C(=O)C=C)CCN2c2c1c(=O)n(C1CC1)c1nc(-c3c(O)cccc3F)c(Cl)cc21. The summed E-state index contributed by atoms with van der Waals surface area (Å²) >= 11 is 6.62. The number of hydrogen-bond acceptors (Lipinski definition) is 6. The van der Waals surface area contributed by atoms with Crippen LogP contribution in [0.15, 0.2) is 41.7 Å². The van der Waals surface area contributed by atoms with Gasteiger partial charge in [-0.15, -0.1) is 0 Å². The zero-order chi connectivity index (χ0) is 28.7. The fourth-order valence-electron chi connectivity index (χ4n) is 5.21. The summed E-state index contributed by atoms with van der Waals surface area (Å²) in [7, 11) is 0. The van der Waals surface area contributed by atoms with Crippen LogP contribution in [0.3, 0.4) is 0 Å². The van der Waals surface area contributed by atoms with Gasteiger partial charge in [0.1, 0.15) is 28.9 Å². The average molecular weight is 527 g/mol. The first kappa shape index (κ1) is 20.2. The maximum absolute atomic E-state index is 14.8. The number of benzene rings is 1. The van der Waals surface area contributed by atoms with Gasteiger partial charge in [0, 0.05) is 35.6 Å². The maximum Gasteiger partial charge on any atom is 0.278 e. The largest absolute Gasteiger partial charge is 0.507 e. The van der Waals surface area contributed by atoms with Gasteiger partial charge in [0.05, 0.1) is 28.5 Å². The number of pyridine rings is 2. The van der Waals surface area contributed by atoms with Gasteiger partial charge < -0.3 is 19.8 Å². The summed E-state index contributed by atoms with van der Waals surface area (Å²) in [5.41, 5.74) is -1.09. The number of halogens is 2. The van der Waals surface area contributed by atoms with Gasteiger partial charge in [-0.3, -0.25) is 19.0 Å². The predicted octanol–water partition coefficient (Wildman–Crippen LogP) is 3.08. The zero-order valence-electron chi connectivity index (χ0n) is 22.4. The van der Waals surface area contributed by atoms with Crippen LogP contribution in [-0.4, -0.2) is 64.0 Å². The Morgan fingerprint density at radius 2 is 2.08 bits per heavy atom. The highest BCUT2D eigenvalue weighted by Crippen LogP contribution is 2.46. The quantitative estimate of drug-likeness (QED) is 0.527. The molecule has 2 aliphatic heterocycles. The van der Waals surface area contributed by atoms with Crippen molar-refractivity contribution in [1.82, 2.24) is 14.5 Å². The Labute approximate surface area is 220 Å². The summed E-state index contributed by atoms with van der Waals surface area (Å²) in [5, 5.41) is 10.7. The summed E-state index contributed by atoms with van der Waals surface area (Å²) in [5.74, 6) is -2.41. The third-order valence-electron chi connectivity index (χ3n) is 7.11. The lowest BCUT2D eigenvalue weighted by Crippen LogP contribution is -2.63. The lowest BCUT2D eigenvalue weighted by atomic mass is 10.0. The van der Waals surface area contributed by atoms with E-state index in [1.165, 1.54) is 27.7 Å². The van der Waals surface area contributed by atoms with Gasteiger partial charge in [-0.05, 0) is 37.1 Å². The number of carbonyl (C=O) groups is 2. The molecule has 190 valence electrons. The lowest BCUT2D eigenvalue weighted by molar-refractivity contribution is -0.128. The third-order valence-corrected chi connectivity index (χ3v) is 7.40. The molecule has 37 heavy (non-hydrogen) atoms. The van der Waals surface area contributed by atoms with Crippen LogP contribution >= 0.6 is 11.6 Å². The number of piperazine rings is 1. The van der Waals surface area contributed by atoms with Crippen molar-refractivity contribution in [1.29, 1.82) is 0 Å². The molecule has 0 unspecified atom stereocenters. The molecule has 3 aliphatic rings. The van der Waals surface area contributed by atoms with E-state index in [0.717, 1.165) is 12.1 Å². The van der Waals surface area contributed by atoms with Crippen LogP contribution < -0.4 is 15.4 Å². The number of phenols is 1. The van der Waals surface area contributed by atoms with E-state index in [9.17, 15) is 23.9 Å². The van der Waals surface area contributed by atoms with Crippen LogP contribution in [0.2, 0.25) is 5.02 Å². The second kappa shape index (κ2) is 8.31. The molecule has 0 bridgehead atoms. The summed E-state index contributed by atoms with van der Waals surface area (Å²) in [6, 6.07) is 3.80. The van der Waals surface area contributed by atoms with Crippen molar-refractivity contribution >= 4 is 45.8 Å². The Balaban J connectivity index is 1.68. The van der Waals surface area contributed by atoms with Crippen LogP contribution in [0.5, 0.6) is 5.75 Å². The molecule has 1 N–H and O–H groups in total. The Hall–Kier alpha value is -3.92. The summed E-state index contributed by atoms with van der Waals surface area (Å²) in [4.78, 5) is 48.3.